The summed E-state index contributed by atoms with van der Waals surface area (Å²) in [7, 11) is 3.22. The van der Waals surface area contributed by atoms with Gasteiger partial charge in [0.15, 0.2) is 11.5 Å². The number of piperazine rings is 1. The van der Waals surface area contributed by atoms with Gasteiger partial charge in [0.2, 0.25) is 0 Å². The van der Waals surface area contributed by atoms with Crippen LogP contribution in [-0.2, 0) is 0 Å². The van der Waals surface area contributed by atoms with E-state index in [0.29, 0.717) is 21.5 Å². The molecule has 174 valence electrons. The summed E-state index contributed by atoms with van der Waals surface area (Å²) in [6.45, 7) is 3.20. The fourth-order valence-electron chi connectivity index (χ4n) is 4.13. The lowest BCUT2D eigenvalue weighted by Gasteiger charge is -2.36. The summed E-state index contributed by atoms with van der Waals surface area (Å²) in [5.74, 6) is 2.94. The Morgan fingerprint density at radius 3 is 2.24 bits per heavy atom. The number of benzene rings is 1. The molecule has 0 N–H and O–H groups in total. The highest BCUT2D eigenvalue weighted by molar-refractivity contribution is 6.36. The van der Waals surface area contributed by atoms with Gasteiger partial charge in [0, 0.05) is 61.2 Å². The maximum absolute atomic E-state index is 6.33. The van der Waals surface area contributed by atoms with Crippen LogP contribution in [0.3, 0.4) is 0 Å². The van der Waals surface area contributed by atoms with Gasteiger partial charge in [-0.15, -0.1) is 0 Å². The molecule has 0 bridgehead atoms. The molecule has 0 amide bonds. The number of hydrogen-bond acceptors (Lipinski definition) is 8. The minimum absolute atomic E-state index is 0.534. The van der Waals surface area contributed by atoms with Crippen molar-refractivity contribution in [1.82, 2.24) is 20.2 Å². The molecule has 10 heteroatoms. The lowest BCUT2D eigenvalue weighted by atomic mass is 10.0. The fourth-order valence-corrected chi connectivity index (χ4v) is 4.63. The Bertz CT molecular complexity index is 1330. The monoisotopic (exact) mass is 496 g/mol. The van der Waals surface area contributed by atoms with Crippen LogP contribution in [0.4, 0.5) is 11.6 Å². The van der Waals surface area contributed by atoms with E-state index in [-0.39, 0.29) is 0 Å². The molecule has 34 heavy (non-hydrogen) atoms. The van der Waals surface area contributed by atoms with E-state index in [0.717, 1.165) is 59.8 Å². The number of anilines is 2. The quantitative estimate of drug-likeness (QED) is 0.392. The Kier molecular flexibility index (Phi) is 6.26. The van der Waals surface area contributed by atoms with Gasteiger partial charge in [0.25, 0.3) is 0 Å². The van der Waals surface area contributed by atoms with Crippen LogP contribution in [0, 0.1) is 0 Å². The van der Waals surface area contributed by atoms with Crippen LogP contribution in [0.2, 0.25) is 10.0 Å². The second-order valence-corrected chi connectivity index (χ2v) is 8.66. The first-order valence-electron chi connectivity index (χ1n) is 10.7. The molecule has 0 radical (unpaired) electrons. The minimum atomic E-state index is 0.534. The molecule has 1 aliphatic heterocycles. The van der Waals surface area contributed by atoms with Crippen molar-refractivity contribution in [1.29, 1.82) is 0 Å². The predicted octanol–water partition coefficient (Wildman–Crippen LogP) is 4.74. The summed E-state index contributed by atoms with van der Waals surface area (Å²) < 4.78 is 10.9. The van der Waals surface area contributed by atoms with Crippen molar-refractivity contribution in [2.45, 2.75) is 0 Å². The molecule has 1 fully saturated rings. The Balaban J connectivity index is 1.35. The fraction of sp³-hybridized carbons (Fsp3) is 0.250. The van der Waals surface area contributed by atoms with Crippen LogP contribution >= 0.6 is 23.2 Å². The summed E-state index contributed by atoms with van der Waals surface area (Å²) in [4.78, 5) is 13.5. The normalized spacial score (nSPS) is 13.9. The lowest BCUT2D eigenvalue weighted by molar-refractivity contribution is 0.356. The Morgan fingerprint density at radius 1 is 0.824 bits per heavy atom. The molecule has 1 saturated heterocycles. The lowest BCUT2D eigenvalue weighted by Crippen LogP contribution is -2.47. The SMILES string of the molecule is COc1cc2nncc(-c3ccc(N4CCN(c5ncc(Cl)cc5Cl)CC4)nc3)c2cc1OC. The number of halogens is 2. The first-order chi connectivity index (χ1) is 16.6. The molecule has 1 aliphatic rings. The summed E-state index contributed by atoms with van der Waals surface area (Å²) in [6.07, 6.45) is 5.23. The highest BCUT2D eigenvalue weighted by Gasteiger charge is 2.21. The molecule has 4 heterocycles. The standard InChI is InChI=1S/C24H22Cl2N6O2/c1-33-21-10-17-18(14-29-30-20(17)11-22(21)34-2)15-3-4-23(27-12-15)31-5-7-32(8-6-31)24-19(26)9-16(25)13-28-24/h3-4,9-14H,5-8H2,1-2H3. The summed E-state index contributed by atoms with van der Waals surface area (Å²) >= 11 is 12.3. The second kappa shape index (κ2) is 9.48. The minimum Gasteiger partial charge on any atom is -0.493 e. The van der Waals surface area contributed by atoms with Gasteiger partial charge in [-0.25, -0.2) is 9.97 Å². The Morgan fingerprint density at radius 2 is 1.56 bits per heavy atom. The topological polar surface area (TPSA) is 76.5 Å². The smallest absolute Gasteiger partial charge is 0.162 e. The van der Waals surface area contributed by atoms with Crippen LogP contribution in [0.25, 0.3) is 22.0 Å². The van der Waals surface area contributed by atoms with Crippen LogP contribution < -0.4 is 19.3 Å². The number of pyridine rings is 2. The van der Waals surface area contributed by atoms with Crippen molar-refractivity contribution in [3.05, 3.63) is 59.0 Å². The van der Waals surface area contributed by atoms with Crippen LogP contribution in [0.15, 0.2) is 48.9 Å². The first kappa shape index (κ1) is 22.4. The van der Waals surface area contributed by atoms with E-state index in [1.54, 1.807) is 32.7 Å². The molecule has 4 aromatic rings. The van der Waals surface area contributed by atoms with Crippen molar-refractivity contribution in [2.75, 3.05) is 50.2 Å². The maximum atomic E-state index is 6.33. The molecular formula is C24H22Cl2N6O2. The first-order valence-corrected chi connectivity index (χ1v) is 11.5. The van der Waals surface area contributed by atoms with Gasteiger partial charge in [0.1, 0.15) is 11.6 Å². The van der Waals surface area contributed by atoms with Crippen molar-refractivity contribution < 1.29 is 9.47 Å². The number of methoxy groups -OCH3 is 2. The number of rotatable bonds is 5. The highest BCUT2D eigenvalue weighted by Crippen LogP contribution is 2.36. The zero-order valence-corrected chi connectivity index (χ0v) is 20.2. The molecule has 0 aliphatic carbocycles. The van der Waals surface area contributed by atoms with Crippen LogP contribution in [-0.4, -0.2) is 60.6 Å². The van der Waals surface area contributed by atoms with Crippen molar-refractivity contribution in [2.24, 2.45) is 0 Å². The van der Waals surface area contributed by atoms with Gasteiger partial charge in [-0.3, -0.25) is 0 Å². The molecule has 3 aromatic heterocycles. The molecule has 0 spiro atoms. The molecule has 0 saturated carbocycles. The molecule has 5 rings (SSSR count). The van der Waals surface area contributed by atoms with Gasteiger partial charge in [-0.05, 0) is 24.3 Å². The van der Waals surface area contributed by atoms with E-state index in [9.17, 15) is 0 Å². The van der Waals surface area contributed by atoms with Gasteiger partial charge in [0.05, 0.1) is 36.0 Å². The summed E-state index contributed by atoms with van der Waals surface area (Å²) in [5.41, 5.74) is 2.61. The number of fused-ring (bicyclic) bond motifs is 1. The molecule has 8 nitrogen and oxygen atoms in total. The van der Waals surface area contributed by atoms with E-state index in [1.807, 2.05) is 24.4 Å². The maximum Gasteiger partial charge on any atom is 0.162 e. The van der Waals surface area contributed by atoms with Crippen molar-refractivity contribution >= 4 is 45.7 Å². The third-order valence-electron chi connectivity index (χ3n) is 5.89. The molecule has 0 unspecified atom stereocenters. The number of nitrogens with zero attached hydrogens (tertiary/aromatic N) is 6. The number of hydrogen-bond donors (Lipinski definition) is 0. The van der Waals surface area contributed by atoms with E-state index in [2.05, 4.69) is 31.0 Å². The van der Waals surface area contributed by atoms with E-state index in [4.69, 9.17) is 37.7 Å². The van der Waals surface area contributed by atoms with Crippen molar-refractivity contribution in [3.8, 4) is 22.6 Å². The predicted molar refractivity (Wildman–Crippen MR) is 135 cm³/mol. The van der Waals surface area contributed by atoms with Crippen molar-refractivity contribution in [3.63, 3.8) is 0 Å². The summed E-state index contributed by atoms with van der Waals surface area (Å²) in [5, 5.41) is 10.4. The zero-order chi connectivity index (χ0) is 23.7. The Labute approximate surface area is 207 Å². The average Bonchev–Trinajstić information content (AvgIpc) is 2.88. The second-order valence-electron chi connectivity index (χ2n) is 7.82. The average molecular weight is 497 g/mol. The van der Waals surface area contributed by atoms with Gasteiger partial charge >= 0.3 is 0 Å². The largest absolute Gasteiger partial charge is 0.493 e. The van der Waals surface area contributed by atoms with Gasteiger partial charge in [-0.2, -0.15) is 10.2 Å². The van der Waals surface area contributed by atoms with Crippen LogP contribution in [0.5, 0.6) is 11.5 Å². The molecule has 0 atom stereocenters. The van der Waals surface area contributed by atoms with Gasteiger partial charge < -0.3 is 19.3 Å². The van der Waals surface area contributed by atoms with E-state index in [1.165, 1.54) is 0 Å². The summed E-state index contributed by atoms with van der Waals surface area (Å²) in [6, 6.07) is 9.56. The third-order valence-corrected chi connectivity index (χ3v) is 6.38. The van der Waals surface area contributed by atoms with E-state index < -0.39 is 0 Å². The number of aromatic nitrogens is 4. The molecular weight excluding hydrogens is 475 g/mol. The zero-order valence-electron chi connectivity index (χ0n) is 18.7. The highest BCUT2D eigenvalue weighted by atomic mass is 35.5. The van der Waals surface area contributed by atoms with E-state index >= 15 is 0 Å². The Hall–Kier alpha value is -3.36. The molecule has 1 aromatic carbocycles. The van der Waals surface area contributed by atoms with Crippen LogP contribution in [0.1, 0.15) is 0 Å². The van der Waals surface area contributed by atoms with Gasteiger partial charge in [-0.1, -0.05) is 23.2 Å². The third kappa shape index (κ3) is 4.26. The number of ether oxygens (including phenoxy) is 2.